The Hall–Kier alpha value is -1.20. The highest BCUT2D eigenvalue weighted by molar-refractivity contribution is 7.83. The number of rotatable bonds is 2. The van der Waals surface area contributed by atoms with Crippen LogP contribution >= 0.6 is 0 Å². The third kappa shape index (κ3) is 2.43. The van der Waals surface area contributed by atoms with Crippen LogP contribution < -0.4 is 0 Å². The van der Waals surface area contributed by atoms with Gasteiger partial charge in [0, 0.05) is 10.5 Å². The molecule has 1 aromatic heterocycles. The lowest BCUT2D eigenvalue weighted by molar-refractivity contribution is 0.538. The monoisotopic (exact) mass is 224 g/mol. The molecular formula is C10H10NO3S-. The van der Waals surface area contributed by atoms with Crippen molar-refractivity contribution in [2.75, 3.05) is 0 Å². The molecule has 0 aliphatic heterocycles. The lowest BCUT2D eigenvalue weighted by atomic mass is 10.1. The minimum Gasteiger partial charge on any atom is -0.768 e. The highest BCUT2D eigenvalue weighted by atomic mass is 32.2. The number of hydrogen-bond acceptors (Lipinski definition) is 4. The van der Waals surface area contributed by atoms with Crippen molar-refractivity contribution in [3.8, 4) is 0 Å². The normalized spacial score (nSPS) is 19.0. The van der Waals surface area contributed by atoms with Crippen LogP contribution in [0.25, 0.3) is 5.57 Å². The van der Waals surface area contributed by atoms with Gasteiger partial charge < -0.3 is 8.97 Å². The first-order valence-electron chi connectivity index (χ1n) is 4.67. The summed E-state index contributed by atoms with van der Waals surface area (Å²) < 4.78 is 26.9. The van der Waals surface area contributed by atoms with Gasteiger partial charge in [-0.15, -0.1) is 0 Å². The average Bonchev–Trinajstić information content (AvgIpc) is 2.62. The van der Waals surface area contributed by atoms with E-state index in [9.17, 15) is 8.76 Å². The van der Waals surface area contributed by atoms with Crippen LogP contribution in [0.4, 0.5) is 0 Å². The SMILES string of the molecule is O=S([O-])C1=CCCCC(c2ncco2)=C1. The quantitative estimate of drug-likeness (QED) is 0.721. The Bertz CT molecular complexity index is 420. The molecule has 1 atom stereocenters. The smallest absolute Gasteiger partial charge is 0.221 e. The summed E-state index contributed by atoms with van der Waals surface area (Å²) in [4.78, 5) is 4.33. The van der Waals surface area contributed by atoms with Gasteiger partial charge in [0.05, 0.1) is 6.20 Å². The number of allylic oxidation sites excluding steroid dienone is 3. The molecule has 1 aliphatic carbocycles. The largest absolute Gasteiger partial charge is 0.768 e. The average molecular weight is 224 g/mol. The van der Waals surface area contributed by atoms with Gasteiger partial charge >= 0.3 is 0 Å². The third-order valence-electron chi connectivity index (χ3n) is 2.21. The Kier molecular flexibility index (Phi) is 3.13. The van der Waals surface area contributed by atoms with Gasteiger partial charge in [-0.25, -0.2) is 4.98 Å². The maximum atomic E-state index is 10.9. The fourth-order valence-electron chi connectivity index (χ4n) is 1.51. The molecule has 0 saturated heterocycles. The van der Waals surface area contributed by atoms with Gasteiger partial charge in [-0.1, -0.05) is 6.08 Å². The van der Waals surface area contributed by atoms with Crippen molar-refractivity contribution >= 4 is 16.7 Å². The first-order chi connectivity index (χ1) is 7.27. The van der Waals surface area contributed by atoms with Gasteiger partial charge in [0.1, 0.15) is 6.26 Å². The van der Waals surface area contributed by atoms with E-state index in [0.717, 1.165) is 24.8 Å². The molecule has 0 saturated carbocycles. The number of oxazole rings is 1. The summed E-state index contributed by atoms with van der Waals surface area (Å²) in [6, 6.07) is 0. The molecule has 1 heterocycles. The molecule has 0 bridgehead atoms. The number of hydrogen-bond donors (Lipinski definition) is 0. The molecule has 1 aromatic rings. The summed E-state index contributed by atoms with van der Waals surface area (Å²) in [5.74, 6) is 0.508. The molecule has 1 unspecified atom stereocenters. The van der Waals surface area contributed by atoms with Crippen molar-refractivity contribution in [1.82, 2.24) is 4.98 Å². The molecule has 0 N–H and O–H groups in total. The van der Waals surface area contributed by atoms with Crippen molar-refractivity contribution in [3.63, 3.8) is 0 Å². The first-order valence-corrected chi connectivity index (χ1v) is 5.75. The standard InChI is InChI=1S/C10H11NO3S/c12-15(13)9-4-2-1-3-8(7-9)10-11-5-6-14-10/h4-7H,1-3H2,(H,12,13)/p-1. The summed E-state index contributed by atoms with van der Waals surface area (Å²) in [7, 11) is 0. The molecular weight excluding hydrogens is 214 g/mol. The predicted octanol–water partition coefficient (Wildman–Crippen LogP) is 2.00. The topological polar surface area (TPSA) is 66.2 Å². The summed E-state index contributed by atoms with van der Waals surface area (Å²) in [6.07, 6.45) is 8.86. The molecule has 0 fully saturated rings. The molecule has 15 heavy (non-hydrogen) atoms. The van der Waals surface area contributed by atoms with Crippen molar-refractivity contribution in [3.05, 3.63) is 35.4 Å². The molecule has 4 nitrogen and oxygen atoms in total. The van der Waals surface area contributed by atoms with Crippen molar-refractivity contribution in [2.45, 2.75) is 19.3 Å². The van der Waals surface area contributed by atoms with Crippen LogP contribution in [0.3, 0.4) is 0 Å². The van der Waals surface area contributed by atoms with Gasteiger partial charge in [-0.3, -0.25) is 4.21 Å². The van der Waals surface area contributed by atoms with Gasteiger partial charge in [0.2, 0.25) is 5.89 Å². The fourth-order valence-corrected chi connectivity index (χ4v) is 2.00. The van der Waals surface area contributed by atoms with Crippen LogP contribution in [0.1, 0.15) is 25.2 Å². The maximum absolute atomic E-state index is 10.9. The van der Waals surface area contributed by atoms with E-state index in [1.807, 2.05) is 0 Å². The molecule has 0 aromatic carbocycles. The molecule has 80 valence electrons. The molecule has 0 spiro atoms. The summed E-state index contributed by atoms with van der Waals surface area (Å²) in [5.41, 5.74) is 0.841. The van der Waals surface area contributed by atoms with E-state index in [-0.39, 0.29) is 0 Å². The van der Waals surface area contributed by atoms with Gasteiger partial charge in [0.25, 0.3) is 0 Å². The Morgan fingerprint density at radius 1 is 1.53 bits per heavy atom. The van der Waals surface area contributed by atoms with E-state index in [2.05, 4.69) is 4.98 Å². The lowest BCUT2D eigenvalue weighted by Gasteiger charge is -2.05. The molecule has 0 radical (unpaired) electrons. The highest BCUT2D eigenvalue weighted by Gasteiger charge is 2.10. The Morgan fingerprint density at radius 2 is 2.40 bits per heavy atom. The molecule has 2 rings (SSSR count). The second-order valence-corrected chi connectivity index (χ2v) is 4.18. The van der Waals surface area contributed by atoms with E-state index < -0.39 is 11.1 Å². The zero-order chi connectivity index (χ0) is 10.7. The number of nitrogens with zero attached hydrogens (tertiary/aromatic N) is 1. The molecule has 1 aliphatic rings. The van der Waals surface area contributed by atoms with E-state index >= 15 is 0 Å². The van der Waals surface area contributed by atoms with Crippen LogP contribution in [-0.2, 0) is 11.1 Å². The fraction of sp³-hybridized carbons (Fsp3) is 0.300. The van der Waals surface area contributed by atoms with Gasteiger partial charge in [-0.05, 0) is 36.4 Å². The highest BCUT2D eigenvalue weighted by Crippen LogP contribution is 2.25. The maximum Gasteiger partial charge on any atom is 0.221 e. The van der Waals surface area contributed by atoms with E-state index in [0.29, 0.717) is 10.8 Å². The van der Waals surface area contributed by atoms with Crippen LogP contribution in [0.5, 0.6) is 0 Å². The minimum absolute atomic E-state index is 0.320. The van der Waals surface area contributed by atoms with Gasteiger partial charge in [0.15, 0.2) is 0 Å². The summed E-state index contributed by atoms with van der Waals surface area (Å²) >= 11 is -2.18. The van der Waals surface area contributed by atoms with E-state index in [1.54, 1.807) is 18.3 Å². The van der Waals surface area contributed by atoms with Crippen LogP contribution in [0.15, 0.2) is 33.9 Å². The van der Waals surface area contributed by atoms with Crippen LogP contribution in [0.2, 0.25) is 0 Å². The van der Waals surface area contributed by atoms with E-state index in [4.69, 9.17) is 4.42 Å². The second kappa shape index (κ2) is 4.55. The van der Waals surface area contributed by atoms with Crippen LogP contribution in [-0.4, -0.2) is 13.7 Å². The number of aromatic nitrogens is 1. The van der Waals surface area contributed by atoms with Crippen LogP contribution in [0, 0.1) is 0 Å². The molecule has 5 heteroatoms. The summed E-state index contributed by atoms with van der Waals surface area (Å²) in [6.45, 7) is 0. The second-order valence-electron chi connectivity index (χ2n) is 3.24. The minimum atomic E-state index is -2.18. The Morgan fingerprint density at radius 3 is 3.07 bits per heavy atom. The van der Waals surface area contributed by atoms with Crippen molar-refractivity contribution in [1.29, 1.82) is 0 Å². The van der Waals surface area contributed by atoms with E-state index in [1.165, 1.54) is 6.26 Å². The Labute approximate surface area is 90.0 Å². The summed E-state index contributed by atoms with van der Waals surface area (Å²) in [5, 5.41) is 0. The lowest BCUT2D eigenvalue weighted by Crippen LogP contribution is -1.91. The third-order valence-corrected chi connectivity index (χ3v) is 2.88. The zero-order valence-electron chi connectivity index (χ0n) is 8.01. The first kappa shape index (κ1) is 10.3. The predicted molar refractivity (Wildman–Crippen MR) is 55.3 cm³/mol. The van der Waals surface area contributed by atoms with Crippen molar-refractivity contribution in [2.24, 2.45) is 0 Å². The molecule has 0 amide bonds. The Balaban J connectivity index is 2.32. The van der Waals surface area contributed by atoms with Gasteiger partial charge in [-0.2, -0.15) is 0 Å². The zero-order valence-corrected chi connectivity index (χ0v) is 8.83. The van der Waals surface area contributed by atoms with Crippen molar-refractivity contribution < 1.29 is 13.2 Å².